The molecule has 3 amide bonds. The summed E-state index contributed by atoms with van der Waals surface area (Å²) in [5.41, 5.74) is 8.24. The number of likely N-dealkylation sites (N-methyl/N-ethyl adjacent to an activating group) is 1. The minimum atomic E-state index is -1.19. The number of aliphatic imine (C=N–C) groups is 1. The molecule has 0 bridgehead atoms. The number of nitrogens with zero attached hydrogens (tertiary/aromatic N) is 2. The molecule has 0 aromatic heterocycles. The maximum absolute atomic E-state index is 13.5. The molecule has 184 valence electrons. The van der Waals surface area contributed by atoms with Crippen molar-refractivity contribution in [1.82, 2.24) is 5.32 Å². The van der Waals surface area contributed by atoms with Gasteiger partial charge >= 0.3 is 0 Å². The molecule has 0 unspecified atom stereocenters. The number of carbonyl (C=O) groups excluding carboxylic acids is 3. The van der Waals surface area contributed by atoms with Crippen LogP contribution in [0.3, 0.4) is 0 Å². The minimum absolute atomic E-state index is 0.125. The van der Waals surface area contributed by atoms with Crippen molar-refractivity contribution >= 4 is 40.7 Å². The van der Waals surface area contributed by atoms with Crippen LogP contribution < -0.4 is 16.0 Å². The van der Waals surface area contributed by atoms with Gasteiger partial charge in [-0.15, -0.1) is 6.58 Å². The lowest BCUT2D eigenvalue weighted by Gasteiger charge is -2.27. The standard InChI is InChI=1S/C27H31ClN4O3/c1-5-9-19(24(29)33)20(14-16(2)3)26(34)31-25-27(35)32(4)22-13-12-18(28)15-21(22)23(30-25)17-10-7-6-8-11-17/h5-8,10-13,15-16,19-20,25H,1,9,14H2,2-4H3,(H2,29,33)(H,31,34)/t19-,20+,25+/m0/s1. The lowest BCUT2D eigenvalue weighted by atomic mass is 9.82. The van der Waals surface area contributed by atoms with E-state index in [0.717, 1.165) is 5.56 Å². The number of nitrogens with two attached hydrogens (primary N) is 1. The van der Waals surface area contributed by atoms with Crippen LogP contribution in [-0.4, -0.2) is 36.6 Å². The summed E-state index contributed by atoms with van der Waals surface area (Å²) in [5.74, 6) is -2.77. The first-order valence-corrected chi connectivity index (χ1v) is 11.9. The molecule has 1 aliphatic rings. The van der Waals surface area contributed by atoms with Crippen LogP contribution in [0.2, 0.25) is 5.02 Å². The molecule has 0 saturated heterocycles. The number of benzene rings is 2. The van der Waals surface area contributed by atoms with Crippen molar-refractivity contribution < 1.29 is 14.4 Å². The Kier molecular flexibility index (Phi) is 8.46. The predicted octanol–water partition coefficient (Wildman–Crippen LogP) is 3.94. The molecule has 0 radical (unpaired) electrons. The number of hydrogen-bond donors (Lipinski definition) is 2. The Hall–Kier alpha value is -3.45. The van der Waals surface area contributed by atoms with E-state index in [-0.39, 0.29) is 12.3 Å². The van der Waals surface area contributed by atoms with Crippen LogP contribution in [0.4, 0.5) is 5.69 Å². The van der Waals surface area contributed by atoms with Crippen molar-refractivity contribution in [2.24, 2.45) is 28.5 Å². The van der Waals surface area contributed by atoms with E-state index in [9.17, 15) is 14.4 Å². The van der Waals surface area contributed by atoms with Crippen molar-refractivity contribution in [3.8, 4) is 0 Å². The summed E-state index contributed by atoms with van der Waals surface area (Å²) in [6, 6.07) is 14.6. The van der Waals surface area contributed by atoms with Gasteiger partial charge in [-0.05, 0) is 37.0 Å². The van der Waals surface area contributed by atoms with Gasteiger partial charge < -0.3 is 16.0 Å². The van der Waals surface area contributed by atoms with Crippen molar-refractivity contribution in [2.75, 3.05) is 11.9 Å². The molecule has 3 N–H and O–H groups in total. The number of rotatable bonds is 9. The number of anilines is 1. The molecule has 7 nitrogen and oxygen atoms in total. The fourth-order valence-electron chi connectivity index (χ4n) is 4.33. The van der Waals surface area contributed by atoms with Crippen LogP contribution in [0.15, 0.2) is 66.2 Å². The number of hydrogen-bond acceptors (Lipinski definition) is 4. The minimum Gasteiger partial charge on any atom is -0.369 e. The van der Waals surface area contributed by atoms with Crippen molar-refractivity contribution in [2.45, 2.75) is 32.9 Å². The van der Waals surface area contributed by atoms with Crippen molar-refractivity contribution in [3.63, 3.8) is 0 Å². The van der Waals surface area contributed by atoms with Crippen LogP contribution in [0.1, 0.15) is 37.8 Å². The molecule has 0 spiro atoms. The Balaban J connectivity index is 2.06. The van der Waals surface area contributed by atoms with Gasteiger partial charge in [0.05, 0.1) is 23.2 Å². The summed E-state index contributed by atoms with van der Waals surface area (Å²) >= 11 is 6.29. The SMILES string of the molecule is C=CC[C@H](C(N)=O)[C@@H](CC(C)C)C(=O)N[C@H]1N=C(c2ccccc2)c2cc(Cl)ccc2N(C)C1=O. The summed E-state index contributed by atoms with van der Waals surface area (Å²) in [5, 5.41) is 3.30. The van der Waals surface area contributed by atoms with E-state index in [1.54, 1.807) is 31.3 Å². The quantitative estimate of drug-likeness (QED) is 0.516. The van der Waals surface area contributed by atoms with Crippen molar-refractivity contribution in [3.05, 3.63) is 77.3 Å². The van der Waals surface area contributed by atoms with Gasteiger partial charge in [-0.3, -0.25) is 14.4 Å². The fraction of sp³-hybridized carbons (Fsp3) is 0.333. The van der Waals surface area contributed by atoms with Crippen LogP contribution in [0, 0.1) is 17.8 Å². The average molecular weight is 495 g/mol. The lowest BCUT2D eigenvalue weighted by Crippen LogP contribution is -2.50. The highest BCUT2D eigenvalue weighted by atomic mass is 35.5. The van der Waals surface area contributed by atoms with Gasteiger partial charge in [-0.25, -0.2) is 4.99 Å². The molecule has 1 aliphatic heterocycles. The van der Waals surface area contributed by atoms with E-state index < -0.39 is 35.7 Å². The number of halogens is 1. The van der Waals surface area contributed by atoms with Gasteiger partial charge in [-0.2, -0.15) is 0 Å². The monoisotopic (exact) mass is 494 g/mol. The van der Waals surface area contributed by atoms with Crippen LogP contribution >= 0.6 is 11.6 Å². The zero-order valence-electron chi connectivity index (χ0n) is 20.2. The Bertz CT molecular complexity index is 1150. The molecule has 0 saturated carbocycles. The summed E-state index contributed by atoms with van der Waals surface area (Å²) in [6.07, 6.45) is 1.07. The lowest BCUT2D eigenvalue weighted by molar-refractivity contribution is -0.135. The number of allylic oxidation sites excluding steroid dienone is 1. The highest BCUT2D eigenvalue weighted by Crippen LogP contribution is 2.30. The smallest absolute Gasteiger partial charge is 0.272 e. The molecule has 3 atom stereocenters. The number of carbonyl (C=O) groups is 3. The number of amides is 3. The van der Waals surface area contributed by atoms with Gasteiger partial charge in [-0.1, -0.05) is 61.9 Å². The zero-order chi connectivity index (χ0) is 25.7. The maximum atomic E-state index is 13.5. The second-order valence-corrected chi connectivity index (χ2v) is 9.52. The van der Waals surface area contributed by atoms with E-state index >= 15 is 0 Å². The normalized spacial score (nSPS) is 17.2. The third-order valence-corrected chi connectivity index (χ3v) is 6.29. The maximum Gasteiger partial charge on any atom is 0.272 e. The molecular weight excluding hydrogens is 464 g/mol. The number of fused-ring (bicyclic) bond motifs is 1. The summed E-state index contributed by atoms with van der Waals surface area (Å²) < 4.78 is 0. The first-order valence-electron chi connectivity index (χ1n) is 11.5. The molecule has 2 aromatic rings. The first kappa shape index (κ1) is 26.2. The largest absolute Gasteiger partial charge is 0.369 e. The van der Waals surface area contributed by atoms with Crippen molar-refractivity contribution in [1.29, 1.82) is 0 Å². The molecule has 2 aromatic carbocycles. The Labute approximate surface area is 211 Å². The Morgan fingerprint density at radius 3 is 2.49 bits per heavy atom. The number of benzodiazepines with no additional fused rings is 1. The number of nitrogens with one attached hydrogen (secondary N) is 1. The molecular formula is C27H31ClN4O3. The second-order valence-electron chi connectivity index (χ2n) is 9.08. The summed E-state index contributed by atoms with van der Waals surface area (Å²) in [6.45, 7) is 7.62. The fourth-order valence-corrected chi connectivity index (χ4v) is 4.50. The highest BCUT2D eigenvalue weighted by Gasteiger charge is 2.36. The predicted molar refractivity (Wildman–Crippen MR) is 139 cm³/mol. The molecule has 1 heterocycles. The number of primary amides is 1. The van der Waals surface area contributed by atoms with Crippen LogP contribution in [-0.2, 0) is 14.4 Å². The van der Waals surface area contributed by atoms with Gasteiger partial charge in [0.25, 0.3) is 5.91 Å². The van der Waals surface area contributed by atoms with Crippen LogP contribution in [0.5, 0.6) is 0 Å². The Morgan fingerprint density at radius 2 is 1.89 bits per heavy atom. The molecule has 0 aliphatic carbocycles. The molecule has 35 heavy (non-hydrogen) atoms. The third-order valence-electron chi connectivity index (χ3n) is 6.06. The average Bonchev–Trinajstić information content (AvgIpc) is 2.91. The van der Waals surface area contributed by atoms with E-state index in [1.807, 2.05) is 44.2 Å². The van der Waals surface area contributed by atoms with Gasteiger partial charge in [0.2, 0.25) is 18.0 Å². The second kappa shape index (κ2) is 11.3. The topological polar surface area (TPSA) is 105 Å². The van der Waals surface area contributed by atoms with Gasteiger partial charge in [0.15, 0.2) is 0 Å². The Morgan fingerprint density at radius 1 is 1.20 bits per heavy atom. The highest BCUT2D eigenvalue weighted by molar-refractivity contribution is 6.32. The molecule has 0 fully saturated rings. The van der Waals surface area contributed by atoms with E-state index in [1.165, 1.54) is 4.90 Å². The third kappa shape index (κ3) is 5.98. The van der Waals surface area contributed by atoms with E-state index in [0.29, 0.717) is 28.4 Å². The first-order chi connectivity index (χ1) is 16.6. The molecule has 8 heteroatoms. The zero-order valence-corrected chi connectivity index (χ0v) is 21.0. The van der Waals surface area contributed by atoms with Gasteiger partial charge in [0.1, 0.15) is 0 Å². The summed E-state index contributed by atoms with van der Waals surface area (Å²) in [4.78, 5) is 45.3. The van der Waals surface area contributed by atoms with E-state index in [4.69, 9.17) is 22.3 Å². The van der Waals surface area contributed by atoms with Gasteiger partial charge in [0, 0.05) is 23.2 Å². The summed E-state index contributed by atoms with van der Waals surface area (Å²) in [7, 11) is 1.63. The van der Waals surface area contributed by atoms with Crippen LogP contribution in [0.25, 0.3) is 0 Å². The molecule has 3 rings (SSSR count). The van der Waals surface area contributed by atoms with E-state index in [2.05, 4.69) is 11.9 Å².